The van der Waals surface area contributed by atoms with E-state index in [4.69, 9.17) is 31.2 Å². The molecule has 17 heteroatoms. The summed E-state index contributed by atoms with van der Waals surface area (Å²) < 4.78 is 14.3. The van der Waals surface area contributed by atoms with Gasteiger partial charge in [-0.1, -0.05) is 57.5 Å². The number of nitrogens with one attached hydrogen (secondary N) is 2. The number of benzene rings is 2. The van der Waals surface area contributed by atoms with Crippen molar-refractivity contribution in [3.8, 4) is 34.3 Å². The average molecular weight is 991 g/mol. The van der Waals surface area contributed by atoms with E-state index in [0.717, 1.165) is 104 Å². The maximum Gasteiger partial charge on any atom is 0.269 e. The minimum atomic E-state index is -0.399. The third-order valence-corrected chi connectivity index (χ3v) is 15.8. The van der Waals surface area contributed by atoms with E-state index in [1.54, 1.807) is 49.8 Å². The van der Waals surface area contributed by atoms with Gasteiger partial charge in [-0.15, -0.1) is 0 Å². The first kappa shape index (κ1) is 48.7. The Morgan fingerprint density at radius 2 is 1.65 bits per heavy atom. The van der Waals surface area contributed by atoms with Crippen LogP contribution in [0.25, 0.3) is 33.3 Å². The third-order valence-electron chi connectivity index (χ3n) is 15.4. The first-order valence-electron chi connectivity index (χ1n) is 25.0. The molecule has 3 aliphatic heterocycles. The van der Waals surface area contributed by atoms with Crippen LogP contribution in [0.3, 0.4) is 0 Å². The van der Waals surface area contributed by atoms with Gasteiger partial charge in [-0.2, -0.15) is 10.4 Å². The number of carbonyl (C=O) groups is 3. The normalized spacial score (nSPS) is 19.7. The highest BCUT2D eigenvalue weighted by Crippen LogP contribution is 2.55. The van der Waals surface area contributed by atoms with Gasteiger partial charge in [-0.3, -0.25) is 29.0 Å². The molecule has 4 aromatic heterocycles. The summed E-state index contributed by atoms with van der Waals surface area (Å²) in [5.74, 6) is 1.20. The van der Waals surface area contributed by atoms with Crippen molar-refractivity contribution < 1.29 is 23.9 Å². The Hall–Kier alpha value is -6.96. The van der Waals surface area contributed by atoms with Crippen LogP contribution in [0.2, 0.25) is 5.02 Å². The number of fused-ring (bicyclic) bond motifs is 2. The smallest absolute Gasteiger partial charge is 0.269 e. The standard InChI is InChI=1S/C55H60ClN11O5/c1-33(68)66-22-16-47-43(32-66)48(64-67(47)39-17-23-71-24-18-39)41-8-6-7-35-25-46(60-31-42(35)41)37-10-12-45(59-28-37)50(70)58-19-13-34-14-20-65(21-15-34)53-61-29-38(30-62-53)49(69)63-51-54(2,3)52(55(51,4)5)72-40-11-9-36(27-57)44(56)26-40/h6-12,25-26,28-31,34,39,51-52H,13-24,32H2,1-5H3,(H,58,70)(H,63,69). The summed E-state index contributed by atoms with van der Waals surface area (Å²) in [5, 5.41) is 23.1. The van der Waals surface area contributed by atoms with E-state index in [9.17, 15) is 19.6 Å². The number of ether oxygens (including phenoxy) is 2. The van der Waals surface area contributed by atoms with E-state index in [-0.39, 0.29) is 35.9 Å². The van der Waals surface area contributed by atoms with E-state index >= 15 is 0 Å². The van der Waals surface area contributed by atoms with Crippen LogP contribution in [-0.2, 0) is 22.5 Å². The topological polar surface area (TPSA) is 193 Å². The fourth-order valence-electron chi connectivity index (χ4n) is 11.7. The zero-order valence-corrected chi connectivity index (χ0v) is 42.2. The molecule has 4 aliphatic rings. The lowest BCUT2D eigenvalue weighted by Gasteiger charge is -2.63. The zero-order valence-electron chi connectivity index (χ0n) is 41.5. The highest BCUT2D eigenvalue weighted by molar-refractivity contribution is 6.31. The monoisotopic (exact) mass is 989 g/mol. The molecule has 0 atom stereocenters. The number of pyridine rings is 2. The Balaban J connectivity index is 0.700. The number of hydrogen-bond acceptors (Lipinski definition) is 12. The van der Waals surface area contributed by atoms with Crippen LogP contribution in [0.5, 0.6) is 5.75 Å². The van der Waals surface area contributed by atoms with Crippen molar-refractivity contribution in [1.29, 1.82) is 5.26 Å². The molecule has 10 rings (SSSR count). The summed E-state index contributed by atoms with van der Waals surface area (Å²) in [6.45, 7) is 14.6. The second-order valence-electron chi connectivity index (χ2n) is 20.8. The second kappa shape index (κ2) is 19.9. The summed E-state index contributed by atoms with van der Waals surface area (Å²) in [6, 6.07) is 19.1. The highest BCUT2D eigenvalue weighted by atomic mass is 35.5. The maximum atomic E-state index is 13.5. The summed E-state index contributed by atoms with van der Waals surface area (Å²) >= 11 is 6.26. The molecule has 7 heterocycles. The molecule has 3 amide bonds. The van der Waals surface area contributed by atoms with Crippen LogP contribution in [0.1, 0.15) is 110 Å². The largest absolute Gasteiger partial charge is 0.489 e. The molecule has 3 fully saturated rings. The zero-order chi connectivity index (χ0) is 50.3. The first-order chi connectivity index (χ1) is 34.7. The fraction of sp³-hybridized carbons (Fsp3) is 0.436. The Morgan fingerprint density at radius 1 is 0.889 bits per heavy atom. The Labute approximate surface area is 424 Å². The molecule has 2 N–H and O–H groups in total. The minimum Gasteiger partial charge on any atom is -0.489 e. The molecule has 0 spiro atoms. The van der Waals surface area contributed by atoms with Crippen molar-refractivity contribution in [2.75, 3.05) is 44.3 Å². The summed E-state index contributed by atoms with van der Waals surface area (Å²) in [5.41, 5.74) is 6.09. The van der Waals surface area contributed by atoms with E-state index in [0.29, 0.717) is 59.1 Å². The number of hydrogen-bond donors (Lipinski definition) is 2. The summed E-state index contributed by atoms with van der Waals surface area (Å²) in [6.07, 6.45) is 11.8. The quantitative estimate of drug-likeness (QED) is 0.119. The third kappa shape index (κ3) is 9.47. The van der Waals surface area contributed by atoms with Crippen LogP contribution in [0.4, 0.5) is 5.95 Å². The van der Waals surface area contributed by atoms with Crippen molar-refractivity contribution in [3.05, 3.63) is 112 Å². The molecule has 372 valence electrons. The predicted molar refractivity (Wildman–Crippen MR) is 273 cm³/mol. The van der Waals surface area contributed by atoms with Crippen molar-refractivity contribution in [2.45, 2.75) is 97.9 Å². The molecule has 1 aliphatic carbocycles. The number of nitrogens with zero attached hydrogens (tertiary/aromatic N) is 9. The van der Waals surface area contributed by atoms with Gasteiger partial charge in [0.05, 0.1) is 33.6 Å². The Kier molecular flexibility index (Phi) is 13.5. The molecule has 16 nitrogen and oxygen atoms in total. The van der Waals surface area contributed by atoms with Gasteiger partial charge in [0.25, 0.3) is 11.8 Å². The van der Waals surface area contributed by atoms with E-state index in [2.05, 4.69) is 81.1 Å². The number of anilines is 1. The van der Waals surface area contributed by atoms with E-state index < -0.39 is 10.8 Å². The van der Waals surface area contributed by atoms with Gasteiger partial charge in [0.15, 0.2) is 0 Å². The number of rotatable bonds is 12. The molecule has 2 saturated heterocycles. The number of halogens is 1. The Bertz CT molecular complexity index is 3050. The lowest BCUT2D eigenvalue weighted by molar-refractivity contribution is -0.164. The second-order valence-corrected chi connectivity index (χ2v) is 21.2. The number of carbonyl (C=O) groups excluding carboxylic acids is 3. The van der Waals surface area contributed by atoms with Crippen molar-refractivity contribution in [3.63, 3.8) is 0 Å². The molecule has 2 aromatic carbocycles. The molecule has 0 bridgehead atoms. The van der Waals surface area contributed by atoms with Crippen LogP contribution in [0, 0.1) is 28.1 Å². The van der Waals surface area contributed by atoms with Gasteiger partial charge in [-0.05, 0) is 73.7 Å². The lowest BCUT2D eigenvalue weighted by Crippen LogP contribution is -2.74. The van der Waals surface area contributed by atoms with Gasteiger partial charge in [0.1, 0.15) is 23.6 Å². The molecular formula is C55H60ClN11O5. The number of nitriles is 1. The number of piperidine rings is 1. The highest BCUT2D eigenvalue weighted by Gasteiger charge is 2.64. The van der Waals surface area contributed by atoms with Gasteiger partial charge in [-0.25, -0.2) is 9.97 Å². The molecule has 1 saturated carbocycles. The molecular weight excluding hydrogens is 930 g/mol. The van der Waals surface area contributed by atoms with Gasteiger partial charge >= 0.3 is 0 Å². The maximum absolute atomic E-state index is 13.5. The lowest BCUT2D eigenvalue weighted by atomic mass is 9.49. The predicted octanol–water partition coefficient (Wildman–Crippen LogP) is 8.38. The number of aromatic nitrogens is 6. The molecule has 0 radical (unpaired) electrons. The number of amides is 3. The SMILES string of the molecule is CC(=O)N1CCc2c(c(-c3cccc4cc(-c5ccc(C(=O)NCCC6CCN(c7ncc(C(=O)NC8C(C)(C)C(Oc9ccc(C#N)c(Cl)c9)C8(C)C)cn7)CC6)nc5)ncc34)nn2C2CCOCC2)C1. The van der Waals surface area contributed by atoms with Crippen LogP contribution in [-0.4, -0.2) is 104 Å². The minimum absolute atomic E-state index is 0.0666. The molecule has 0 unspecified atom stereocenters. The Morgan fingerprint density at radius 3 is 2.35 bits per heavy atom. The molecule has 72 heavy (non-hydrogen) atoms. The summed E-state index contributed by atoms with van der Waals surface area (Å²) in [4.78, 5) is 61.8. The van der Waals surface area contributed by atoms with E-state index in [1.807, 2.05) is 29.3 Å². The fourth-order valence-corrected chi connectivity index (χ4v) is 11.9. The van der Waals surface area contributed by atoms with E-state index in [1.165, 1.54) is 5.69 Å². The van der Waals surface area contributed by atoms with Crippen LogP contribution >= 0.6 is 11.6 Å². The summed E-state index contributed by atoms with van der Waals surface area (Å²) in [7, 11) is 0. The van der Waals surface area contributed by atoms with Crippen molar-refractivity contribution in [2.24, 2.45) is 16.7 Å². The van der Waals surface area contributed by atoms with Gasteiger partial charge < -0.3 is 29.9 Å². The van der Waals surface area contributed by atoms with Crippen molar-refractivity contribution in [1.82, 2.24) is 45.2 Å². The first-order valence-corrected chi connectivity index (χ1v) is 25.4. The van der Waals surface area contributed by atoms with Crippen LogP contribution < -0.4 is 20.3 Å². The van der Waals surface area contributed by atoms with Gasteiger partial charge in [0, 0.05) is 135 Å². The van der Waals surface area contributed by atoms with Gasteiger partial charge in [0.2, 0.25) is 11.9 Å². The molecule has 6 aromatic rings. The van der Waals surface area contributed by atoms with Crippen molar-refractivity contribution >= 4 is 46.0 Å². The average Bonchev–Trinajstić information content (AvgIpc) is 3.78. The van der Waals surface area contributed by atoms with Crippen LogP contribution in [0.15, 0.2) is 79.4 Å².